The Bertz CT molecular complexity index is 276. The molecule has 94 valence electrons. The van der Waals surface area contributed by atoms with Crippen LogP contribution in [0.3, 0.4) is 0 Å². The summed E-state index contributed by atoms with van der Waals surface area (Å²) in [6.45, 7) is 0. The van der Waals surface area contributed by atoms with Gasteiger partial charge in [-0.05, 0) is 69.6 Å². The second-order valence-corrected chi connectivity index (χ2v) is 5.78. The molecule has 0 spiro atoms. The minimum absolute atomic E-state index is 0. The van der Waals surface area contributed by atoms with Crippen molar-refractivity contribution in [3.63, 3.8) is 0 Å². The fourth-order valence-corrected chi connectivity index (χ4v) is 3.78. The van der Waals surface area contributed by atoms with Crippen LogP contribution in [-0.4, -0.2) is 11.2 Å². The van der Waals surface area contributed by atoms with Crippen LogP contribution in [-0.2, 0) is 21.1 Å². The van der Waals surface area contributed by atoms with Gasteiger partial charge in [-0.3, -0.25) is 0 Å². The molecule has 1 N–H and O–H groups in total. The first-order valence-electron chi connectivity index (χ1n) is 6.71. The molecule has 3 aliphatic carbocycles. The molecule has 0 aromatic rings. The molecule has 0 saturated heterocycles. The van der Waals surface area contributed by atoms with Crippen molar-refractivity contribution in [2.24, 2.45) is 11.8 Å². The van der Waals surface area contributed by atoms with Gasteiger partial charge < -0.3 is 5.11 Å². The molecule has 1 unspecified atom stereocenters. The molecule has 3 rings (SSSR count). The second-order valence-electron chi connectivity index (χ2n) is 5.78. The maximum Gasteiger partial charge on any atom is 0.0540 e. The van der Waals surface area contributed by atoms with Gasteiger partial charge >= 0.3 is 0 Å². The molecule has 3 aliphatic rings. The van der Waals surface area contributed by atoms with E-state index in [1.807, 2.05) is 11.1 Å². The first-order valence-corrected chi connectivity index (χ1v) is 6.71. The second kappa shape index (κ2) is 5.36. The Morgan fingerprint density at radius 2 is 1.44 bits per heavy atom. The van der Waals surface area contributed by atoms with E-state index in [0.717, 1.165) is 24.7 Å². The predicted octanol–water partition coefficient (Wildman–Crippen LogP) is 3.43. The molecule has 1 saturated carbocycles. The number of allylic oxidation sites excluding steroid dienone is 2. The molecule has 1 atom stereocenters. The summed E-state index contributed by atoms with van der Waals surface area (Å²) in [4.78, 5) is 0. The zero-order chi connectivity index (χ0) is 10.3. The Labute approximate surface area is 113 Å². The first kappa shape index (κ1) is 12.8. The summed E-state index contributed by atoms with van der Waals surface area (Å²) >= 11 is 0. The Balaban J connectivity index is 0.000000963. The molecule has 0 radical (unpaired) electrons. The summed E-state index contributed by atoms with van der Waals surface area (Å²) in [6.07, 6.45) is 11.8. The number of rotatable bonds is 1. The van der Waals surface area contributed by atoms with Crippen LogP contribution in [0.25, 0.3) is 0 Å². The van der Waals surface area contributed by atoms with Crippen LogP contribution >= 0.6 is 0 Å². The van der Waals surface area contributed by atoms with Gasteiger partial charge in [-0.1, -0.05) is 11.1 Å². The minimum atomic E-state index is 0. The molecule has 0 bridgehead atoms. The quantitative estimate of drug-likeness (QED) is 0.668. The molecule has 0 aromatic heterocycles. The van der Waals surface area contributed by atoms with Gasteiger partial charge in [-0.25, -0.2) is 0 Å². The van der Waals surface area contributed by atoms with Crippen molar-refractivity contribution in [3.8, 4) is 0 Å². The smallest absolute Gasteiger partial charge is 0.0540 e. The molecular formula is C14H22OPt. The van der Waals surface area contributed by atoms with E-state index in [1.54, 1.807) is 0 Å². The zero-order valence-corrected chi connectivity index (χ0v) is 12.1. The Morgan fingerprint density at radius 3 is 2.00 bits per heavy atom. The van der Waals surface area contributed by atoms with Crippen molar-refractivity contribution in [1.29, 1.82) is 0 Å². The van der Waals surface area contributed by atoms with Gasteiger partial charge in [0.1, 0.15) is 0 Å². The SMILES string of the molecule is OC1CCC(C2CCC3=C(CC3)C2)CC1.[Pt]. The third-order valence-corrected chi connectivity index (χ3v) is 4.96. The third-order valence-electron chi connectivity index (χ3n) is 4.96. The van der Waals surface area contributed by atoms with Gasteiger partial charge in [0.15, 0.2) is 0 Å². The largest absolute Gasteiger partial charge is 0.393 e. The molecule has 1 fully saturated rings. The Kier molecular flexibility index (Phi) is 4.30. The van der Waals surface area contributed by atoms with Gasteiger partial charge in [-0.15, -0.1) is 0 Å². The molecule has 1 nitrogen and oxygen atoms in total. The van der Waals surface area contributed by atoms with E-state index in [-0.39, 0.29) is 27.2 Å². The van der Waals surface area contributed by atoms with Crippen LogP contribution in [0.15, 0.2) is 11.1 Å². The van der Waals surface area contributed by atoms with E-state index in [2.05, 4.69) is 0 Å². The molecule has 0 aromatic carbocycles. The monoisotopic (exact) mass is 401 g/mol. The number of hydrogen-bond donors (Lipinski definition) is 1. The third kappa shape index (κ3) is 2.46. The predicted molar refractivity (Wildman–Crippen MR) is 61.6 cm³/mol. The van der Waals surface area contributed by atoms with Crippen molar-refractivity contribution in [3.05, 3.63) is 11.1 Å². The maximum atomic E-state index is 9.52. The number of aliphatic hydroxyl groups excluding tert-OH is 1. The van der Waals surface area contributed by atoms with E-state index >= 15 is 0 Å². The molecular weight excluding hydrogens is 379 g/mol. The minimum Gasteiger partial charge on any atom is -0.393 e. The molecule has 0 amide bonds. The summed E-state index contributed by atoms with van der Waals surface area (Å²) in [7, 11) is 0. The van der Waals surface area contributed by atoms with Crippen LogP contribution in [0.4, 0.5) is 0 Å². The van der Waals surface area contributed by atoms with Gasteiger partial charge in [0.2, 0.25) is 0 Å². The fourth-order valence-electron chi connectivity index (χ4n) is 3.78. The fraction of sp³-hybridized carbons (Fsp3) is 0.857. The van der Waals surface area contributed by atoms with Crippen molar-refractivity contribution in [2.75, 3.05) is 0 Å². The van der Waals surface area contributed by atoms with Crippen LogP contribution < -0.4 is 0 Å². The summed E-state index contributed by atoms with van der Waals surface area (Å²) in [5.74, 6) is 1.90. The Hall–Kier alpha value is 0.388. The van der Waals surface area contributed by atoms with E-state index in [1.165, 1.54) is 44.9 Å². The van der Waals surface area contributed by atoms with E-state index in [4.69, 9.17) is 0 Å². The maximum absolute atomic E-state index is 9.52. The topological polar surface area (TPSA) is 20.2 Å². The summed E-state index contributed by atoms with van der Waals surface area (Å²) in [5.41, 5.74) is 3.62. The van der Waals surface area contributed by atoms with Crippen molar-refractivity contribution in [2.45, 2.75) is 63.9 Å². The van der Waals surface area contributed by atoms with Gasteiger partial charge in [-0.2, -0.15) is 0 Å². The standard InChI is InChI=1S/C14H22O.Pt/c15-14-7-5-11(6-8-14)13-4-2-10-1-3-12(10)9-13;/h11,13-15H,1-9H2;. The van der Waals surface area contributed by atoms with Crippen LogP contribution in [0.1, 0.15) is 57.8 Å². The normalized spacial score (nSPS) is 38.4. The van der Waals surface area contributed by atoms with Gasteiger partial charge in [0.25, 0.3) is 0 Å². The van der Waals surface area contributed by atoms with Crippen LogP contribution in [0.2, 0.25) is 0 Å². The first-order chi connectivity index (χ1) is 7.33. The molecule has 0 heterocycles. The molecule has 0 aliphatic heterocycles. The summed E-state index contributed by atoms with van der Waals surface area (Å²) in [6, 6.07) is 0. The van der Waals surface area contributed by atoms with Crippen molar-refractivity contribution >= 4 is 0 Å². The zero-order valence-electron chi connectivity index (χ0n) is 9.86. The van der Waals surface area contributed by atoms with Gasteiger partial charge in [0.05, 0.1) is 6.10 Å². The summed E-state index contributed by atoms with van der Waals surface area (Å²) in [5, 5.41) is 9.52. The molecule has 16 heavy (non-hydrogen) atoms. The van der Waals surface area contributed by atoms with Crippen molar-refractivity contribution in [1.82, 2.24) is 0 Å². The number of hydrogen-bond acceptors (Lipinski definition) is 1. The van der Waals surface area contributed by atoms with E-state index in [0.29, 0.717) is 0 Å². The van der Waals surface area contributed by atoms with Gasteiger partial charge in [0, 0.05) is 21.1 Å². The average Bonchev–Trinajstić information content (AvgIpc) is 2.22. The van der Waals surface area contributed by atoms with E-state index in [9.17, 15) is 5.11 Å². The van der Waals surface area contributed by atoms with Crippen LogP contribution in [0.5, 0.6) is 0 Å². The van der Waals surface area contributed by atoms with Crippen LogP contribution in [0, 0.1) is 11.8 Å². The Morgan fingerprint density at radius 1 is 0.750 bits per heavy atom. The summed E-state index contributed by atoms with van der Waals surface area (Å²) < 4.78 is 0. The van der Waals surface area contributed by atoms with Crippen molar-refractivity contribution < 1.29 is 26.2 Å². The number of aliphatic hydroxyl groups is 1. The molecule has 2 heteroatoms. The van der Waals surface area contributed by atoms with E-state index < -0.39 is 0 Å². The average molecular weight is 401 g/mol.